The summed E-state index contributed by atoms with van der Waals surface area (Å²) in [7, 11) is 1.55. The average molecular weight is 628 g/mol. The van der Waals surface area contributed by atoms with Crippen molar-refractivity contribution < 1.29 is 38.0 Å². The second-order valence-electron chi connectivity index (χ2n) is 12.7. The number of hydrogen-bond donors (Lipinski definition) is 4. The van der Waals surface area contributed by atoms with E-state index in [9.17, 15) is 28.6 Å². The molecule has 6 atom stereocenters. The third-order valence-electron chi connectivity index (χ3n) is 9.68. The van der Waals surface area contributed by atoms with Crippen LogP contribution < -0.4 is 4.72 Å². The van der Waals surface area contributed by atoms with Gasteiger partial charge in [-0.05, 0) is 74.4 Å². The summed E-state index contributed by atoms with van der Waals surface area (Å²) in [6, 6.07) is 5.15. The number of allylic oxidation sites excluding steroid dienone is 2. The summed E-state index contributed by atoms with van der Waals surface area (Å²) >= 11 is -2.54. The van der Waals surface area contributed by atoms with Gasteiger partial charge in [0.25, 0.3) is 23.1 Å². The Morgan fingerprint density at radius 1 is 1.14 bits per heavy atom. The van der Waals surface area contributed by atoms with E-state index in [0.29, 0.717) is 23.3 Å². The largest absolute Gasteiger partial charge is 0.497 e. The van der Waals surface area contributed by atoms with E-state index in [0.717, 1.165) is 48.7 Å². The summed E-state index contributed by atoms with van der Waals surface area (Å²) in [6.45, 7) is 4.06. The number of carbonyl (C=O) groups is 2. The first-order chi connectivity index (χ1) is 21.0. The van der Waals surface area contributed by atoms with Gasteiger partial charge in [0.15, 0.2) is 5.60 Å². The number of benzene rings is 1. The first-order valence-electron chi connectivity index (χ1n) is 15.4. The minimum Gasteiger partial charge on any atom is -0.497 e. The summed E-state index contributed by atoms with van der Waals surface area (Å²) in [5, 5.41) is 25.4. The molecule has 0 radical (unpaired) electrons. The molecule has 2 fully saturated rings. The van der Waals surface area contributed by atoms with Crippen LogP contribution in [0.4, 0.5) is 0 Å². The lowest BCUT2D eigenvalue weighted by molar-refractivity contribution is -0.173. The number of rotatable bonds is 5. The van der Waals surface area contributed by atoms with Crippen molar-refractivity contribution in [3.63, 3.8) is 0 Å². The highest BCUT2D eigenvalue weighted by Gasteiger charge is 2.53. The molecule has 44 heavy (non-hydrogen) atoms. The zero-order valence-electron chi connectivity index (χ0n) is 25.3. The zero-order valence-corrected chi connectivity index (χ0v) is 26.1. The number of morpholine rings is 1. The minimum atomic E-state index is -2.54. The maximum absolute atomic E-state index is 14.4. The third-order valence-corrected chi connectivity index (χ3v) is 10.0. The SMILES string of the molecule is COC1=CCC2C(=C1)[C@H](O)[C@@](O)(C(=O)N1C[C@@H](C)O[C@@H](C)C1)Cn1c2c(C2CCCCC2)c2ccc(C(=O)NS(=O)O)cc21. The Kier molecular flexibility index (Phi) is 8.48. The van der Waals surface area contributed by atoms with E-state index < -0.39 is 34.8 Å². The number of nitrogens with one attached hydrogen (secondary N) is 1. The van der Waals surface area contributed by atoms with Crippen molar-refractivity contribution in [1.29, 1.82) is 0 Å². The van der Waals surface area contributed by atoms with Gasteiger partial charge in [0, 0.05) is 41.2 Å². The number of carbonyl (C=O) groups excluding carboxylic acids is 2. The molecular weight excluding hydrogens is 586 g/mol. The number of amides is 2. The second-order valence-corrected chi connectivity index (χ2v) is 13.4. The van der Waals surface area contributed by atoms with Crippen molar-refractivity contribution in [2.75, 3.05) is 20.2 Å². The Morgan fingerprint density at radius 3 is 2.50 bits per heavy atom. The predicted octanol–water partition coefficient (Wildman–Crippen LogP) is 3.24. The summed E-state index contributed by atoms with van der Waals surface area (Å²) in [5.74, 6) is -0.872. The van der Waals surface area contributed by atoms with Gasteiger partial charge in [-0.1, -0.05) is 25.3 Å². The molecule has 2 aromatic rings. The highest BCUT2D eigenvalue weighted by Crippen LogP contribution is 2.50. The number of methoxy groups -OCH3 is 1. The van der Waals surface area contributed by atoms with E-state index in [4.69, 9.17) is 9.47 Å². The maximum atomic E-state index is 14.4. The number of nitrogens with zero attached hydrogens (tertiary/aromatic N) is 2. The van der Waals surface area contributed by atoms with E-state index in [1.54, 1.807) is 30.2 Å². The molecule has 1 aromatic heterocycles. The van der Waals surface area contributed by atoms with Gasteiger partial charge in [-0.25, -0.2) is 8.93 Å². The molecule has 2 aliphatic carbocycles. The van der Waals surface area contributed by atoms with E-state index in [1.807, 2.05) is 35.3 Å². The molecule has 3 heterocycles. The highest BCUT2D eigenvalue weighted by atomic mass is 32.2. The van der Waals surface area contributed by atoms with Crippen LogP contribution in [0.1, 0.15) is 85.8 Å². The second kappa shape index (κ2) is 12.1. The van der Waals surface area contributed by atoms with E-state index in [1.165, 1.54) is 0 Å². The number of fused-ring (bicyclic) bond motifs is 5. The Morgan fingerprint density at radius 2 is 1.84 bits per heavy atom. The summed E-state index contributed by atoms with van der Waals surface area (Å²) < 4.78 is 36.0. The van der Waals surface area contributed by atoms with Crippen LogP contribution in [0.25, 0.3) is 10.9 Å². The molecule has 1 aromatic carbocycles. The van der Waals surface area contributed by atoms with Crippen molar-refractivity contribution in [2.45, 2.75) is 94.7 Å². The monoisotopic (exact) mass is 627 g/mol. The van der Waals surface area contributed by atoms with Gasteiger partial charge in [-0.2, -0.15) is 0 Å². The molecule has 2 unspecified atom stereocenters. The van der Waals surface area contributed by atoms with E-state index in [-0.39, 0.29) is 49.2 Å². The molecule has 12 heteroatoms. The zero-order chi connectivity index (χ0) is 31.3. The molecule has 0 bridgehead atoms. The summed E-state index contributed by atoms with van der Waals surface area (Å²) in [4.78, 5) is 28.8. The fraction of sp³-hybridized carbons (Fsp3) is 0.562. The Bertz CT molecular complexity index is 1550. The molecule has 1 saturated heterocycles. The number of aliphatic hydroxyl groups is 2. The number of ether oxygens (including phenoxy) is 2. The van der Waals surface area contributed by atoms with Gasteiger partial charge in [-0.15, -0.1) is 0 Å². The lowest BCUT2D eigenvalue weighted by atomic mass is 9.75. The molecule has 2 amide bonds. The fourth-order valence-corrected chi connectivity index (χ4v) is 8.10. The topological polar surface area (TPSA) is 151 Å². The molecule has 4 aliphatic rings. The highest BCUT2D eigenvalue weighted by molar-refractivity contribution is 7.77. The number of aliphatic hydroxyl groups excluding tert-OH is 1. The van der Waals surface area contributed by atoms with Crippen LogP contribution in [0.5, 0.6) is 0 Å². The van der Waals surface area contributed by atoms with Gasteiger partial charge in [0.2, 0.25) is 0 Å². The number of hydrogen-bond acceptors (Lipinski definition) is 7. The van der Waals surface area contributed by atoms with Crippen LogP contribution >= 0.6 is 0 Å². The van der Waals surface area contributed by atoms with Crippen molar-refractivity contribution in [2.24, 2.45) is 0 Å². The first-order valence-corrected chi connectivity index (χ1v) is 16.5. The Hall–Kier alpha value is -3.03. The van der Waals surface area contributed by atoms with Gasteiger partial charge in [0.05, 0.1) is 25.9 Å². The fourth-order valence-electron chi connectivity index (χ4n) is 7.82. The summed E-state index contributed by atoms with van der Waals surface area (Å²) in [6.07, 6.45) is 7.49. The molecule has 0 spiro atoms. The van der Waals surface area contributed by atoms with Crippen molar-refractivity contribution in [3.05, 3.63) is 58.5 Å². The normalized spacial score (nSPS) is 30.0. The van der Waals surface area contributed by atoms with Crippen LogP contribution in [0, 0.1) is 0 Å². The van der Waals surface area contributed by atoms with Crippen LogP contribution in [0.2, 0.25) is 0 Å². The predicted molar refractivity (Wildman–Crippen MR) is 164 cm³/mol. The van der Waals surface area contributed by atoms with Gasteiger partial charge in [0.1, 0.15) is 11.9 Å². The van der Waals surface area contributed by atoms with Gasteiger partial charge < -0.3 is 29.2 Å². The lowest BCUT2D eigenvalue weighted by Crippen LogP contribution is -2.62. The third kappa shape index (κ3) is 5.40. The van der Waals surface area contributed by atoms with Crippen molar-refractivity contribution in [3.8, 4) is 0 Å². The van der Waals surface area contributed by atoms with Crippen LogP contribution in [0.3, 0.4) is 0 Å². The molecule has 238 valence electrons. The van der Waals surface area contributed by atoms with Crippen LogP contribution in [-0.2, 0) is 32.1 Å². The molecule has 6 rings (SSSR count). The molecule has 11 nitrogen and oxygen atoms in total. The molecule has 1 saturated carbocycles. The van der Waals surface area contributed by atoms with Crippen molar-refractivity contribution in [1.82, 2.24) is 14.2 Å². The molecule has 4 N–H and O–H groups in total. The Labute approximate surface area is 259 Å². The van der Waals surface area contributed by atoms with E-state index in [2.05, 4.69) is 0 Å². The first kappa shape index (κ1) is 31.0. The standard InChI is InChI=1S/C32H41N3O8S/c1-18-15-34(16-19(2)43-18)31(38)32(39)17-35-26-13-21(30(37)33-44(40)41)9-11-24(26)27(20-7-5-4-6-8-20)28(35)23-12-10-22(42-3)14-25(23)29(32)36/h9-11,13-14,18-20,23,29,36,39H,4-8,12,15-17H2,1-3H3,(H,33,37)(H,40,41)/t18-,19+,23?,29-,32+/m0/s1. The average Bonchev–Trinajstić information content (AvgIpc) is 3.27. The van der Waals surface area contributed by atoms with Gasteiger partial charge in [-0.3, -0.25) is 14.1 Å². The van der Waals surface area contributed by atoms with Gasteiger partial charge >= 0.3 is 0 Å². The summed E-state index contributed by atoms with van der Waals surface area (Å²) in [5.41, 5.74) is 1.11. The van der Waals surface area contributed by atoms with Crippen LogP contribution in [-0.4, -0.2) is 84.4 Å². The smallest absolute Gasteiger partial charge is 0.264 e. The Balaban J connectivity index is 1.58. The minimum absolute atomic E-state index is 0.173. The molecular formula is C32H41N3O8S. The quantitative estimate of drug-likeness (QED) is 0.369. The van der Waals surface area contributed by atoms with E-state index >= 15 is 0 Å². The molecule has 2 aliphatic heterocycles. The number of aromatic nitrogens is 1. The lowest BCUT2D eigenvalue weighted by Gasteiger charge is -2.41. The van der Waals surface area contributed by atoms with Crippen LogP contribution in [0.15, 0.2) is 41.7 Å². The maximum Gasteiger partial charge on any atom is 0.264 e. The van der Waals surface area contributed by atoms with Crippen molar-refractivity contribution >= 4 is 34.0 Å².